The van der Waals surface area contributed by atoms with Crippen molar-refractivity contribution in [1.29, 1.82) is 0 Å². The molecule has 0 amide bonds. The fourth-order valence-corrected chi connectivity index (χ4v) is 2.27. The van der Waals surface area contributed by atoms with Gasteiger partial charge in [0.15, 0.2) is 0 Å². The summed E-state index contributed by atoms with van der Waals surface area (Å²) in [5, 5.41) is 11.3. The monoisotopic (exact) mass is 362 g/mol. The second kappa shape index (κ2) is 9.30. The molecule has 1 aromatic rings. The predicted molar refractivity (Wildman–Crippen MR) is 79.2 cm³/mol. The molecule has 0 fully saturated rings. The van der Waals surface area contributed by atoms with Crippen LogP contribution in [0.1, 0.15) is 33.6 Å². The summed E-state index contributed by atoms with van der Waals surface area (Å²) < 4.78 is 1.16. The predicted octanol–water partition coefficient (Wildman–Crippen LogP) is 4.47. The molecule has 104 valence electrons. The van der Waals surface area contributed by atoms with Gasteiger partial charge in [0, 0.05) is 0 Å². The molecule has 1 aliphatic rings. The Hall–Kier alpha value is -0.631. The molecule has 0 heterocycles. The van der Waals surface area contributed by atoms with E-state index in [0.29, 0.717) is 0 Å². The van der Waals surface area contributed by atoms with Crippen molar-refractivity contribution in [2.75, 3.05) is 0 Å². The first-order chi connectivity index (χ1) is 8.60. The van der Waals surface area contributed by atoms with E-state index in [1.807, 2.05) is 24.3 Å². The zero-order valence-electron chi connectivity index (χ0n) is 11.5. The van der Waals surface area contributed by atoms with E-state index in [2.05, 4.69) is 41.9 Å². The first-order valence-electron chi connectivity index (χ1n) is 6.25. The van der Waals surface area contributed by atoms with E-state index in [4.69, 9.17) is 0 Å². The molecule has 0 saturated heterocycles. The fourth-order valence-electron chi connectivity index (χ4n) is 1.97. The maximum atomic E-state index is 11.3. The summed E-state index contributed by atoms with van der Waals surface area (Å²) in [6.45, 7) is 5.82. The van der Waals surface area contributed by atoms with Gasteiger partial charge in [0.1, 0.15) is 0 Å². The number of rotatable bonds is 2. The van der Waals surface area contributed by atoms with Crippen molar-refractivity contribution in [2.24, 2.45) is 0 Å². The number of halogens is 1. The first kappa shape index (κ1) is 18.4. The Morgan fingerprint density at radius 1 is 1.21 bits per heavy atom. The SMILES string of the molecule is Brc1ccc[cH-]1.CCC1=CC=C(CC)C1=C(C)[O-].[Fe+2]. The fraction of sp³-hybridized carbons (Fsp3) is 0.312. The molecular weight excluding hydrogens is 344 g/mol. The van der Waals surface area contributed by atoms with Crippen LogP contribution in [0.3, 0.4) is 0 Å². The van der Waals surface area contributed by atoms with Crippen LogP contribution in [0.15, 0.2) is 63.4 Å². The summed E-state index contributed by atoms with van der Waals surface area (Å²) in [5.41, 5.74) is 3.35. The van der Waals surface area contributed by atoms with Gasteiger partial charge in [-0.3, -0.25) is 0 Å². The Balaban J connectivity index is 0.000000392. The summed E-state index contributed by atoms with van der Waals surface area (Å²) in [5.74, 6) is 0.203. The van der Waals surface area contributed by atoms with Crippen LogP contribution in [-0.4, -0.2) is 0 Å². The van der Waals surface area contributed by atoms with Gasteiger partial charge in [-0.25, -0.2) is 6.07 Å². The molecule has 0 aromatic heterocycles. The zero-order chi connectivity index (χ0) is 13.5. The Labute approximate surface area is 135 Å². The number of allylic oxidation sites excluding steroid dienone is 6. The van der Waals surface area contributed by atoms with Gasteiger partial charge < -0.3 is 5.11 Å². The molecule has 19 heavy (non-hydrogen) atoms. The molecule has 3 heteroatoms. The summed E-state index contributed by atoms with van der Waals surface area (Å²) in [7, 11) is 0. The van der Waals surface area contributed by atoms with Crippen molar-refractivity contribution >= 4 is 15.9 Å². The van der Waals surface area contributed by atoms with Crippen molar-refractivity contribution in [3.05, 3.63) is 63.4 Å². The maximum Gasteiger partial charge on any atom is 2.00 e. The molecule has 0 unspecified atom stereocenters. The van der Waals surface area contributed by atoms with Crippen LogP contribution in [0.25, 0.3) is 0 Å². The van der Waals surface area contributed by atoms with Gasteiger partial charge in [0.25, 0.3) is 0 Å². The van der Waals surface area contributed by atoms with E-state index in [0.717, 1.165) is 22.9 Å². The van der Waals surface area contributed by atoms with Gasteiger partial charge in [-0.1, -0.05) is 48.9 Å². The van der Waals surface area contributed by atoms with Crippen molar-refractivity contribution < 1.29 is 22.2 Å². The second-order valence-corrected chi connectivity index (χ2v) is 5.04. The molecular formula is C16H19BrFeO. The molecule has 0 aliphatic heterocycles. The van der Waals surface area contributed by atoms with Gasteiger partial charge in [0.05, 0.1) is 0 Å². The molecule has 2 rings (SSSR count). The maximum absolute atomic E-state index is 11.3. The van der Waals surface area contributed by atoms with Crippen LogP contribution < -0.4 is 5.11 Å². The van der Waals surface area contributed by atoms with Crippen LogP contribution in [-0.2, 0) is 17.1 Å². The Bertz CT molecular complexity index is 441. The summed E-state index contributed by atoms with van der Waals surface area (Å²) >= 11 is 3.28. The van der Waals surface area contributed by atoms with Crippen molar-refractivity contribution in [1.82, 2.24) is 0 Å². The molecule has 0 bridgehead atoms. The molecule has 1 aromatic carbocycles. The van der Waals surface area contributed by atoms with Gasteiger partial charge in [-0.2, -0.15) is 18.2 Å². The minimum atomic E-state index is 0. The van der Waals surface area contributed by atoms with Gasteiger partial charge in [-0.05, 0) is 29.6 Å². The van der Waals surface area contributed by atoms with E-state index < -0.39 is 0 Å². The molecule has 0 atom stereocenters. The van der Waals surface area contributed by atoms with E-state index in [1.54, 1.807) is 6.92 Å². The average Bonchev–Trinajstić information content (AvgIpc) is 2.97. The quantitative estimate of drug-likeness (QED) is 0.432. The number of hydrogen-bond donors (Lipinski definition) is 0. The van der Waals surface area contributed by atoms with E-state index in [-0.39, 0.29) is 22.8 Å². The van der Waals surface area contributed by atoms with Gasteiger partial charge in [0.2, 0.25) is 0 Å². The first-order valence-corrected chi connectivity index (χ1v) is 7.05. The molecule has 0 radical (unpaired) electrons. The van der Waals surface area contributed by atoms with E-state index in [9.17, 15) is 5.11 Å². The van der Waals surface area contributed by atoms with Gasteiger partial charge in [-0.15, -0.1) is 10.2 Å². The van der Waals surface area contributed by atoms with E-state index in [1.165, 1.54) is 11.1 Å². The minimum absolute atomic E-state index is 0. The normalized spacial score (nSPS) is 12.9. The molecule has 0 saturated carbocycles. The minimum Gasteiger partial charge on any atom is -0.875 e. The third kappa shape index (κ3) is 5.48. The smallest absolute Gasteiger partial charge is 0.875 e. The molecule has 1 aliphatic carbocycles. The summed E-state index contributed by atoms with van der Waals surface area (Å²) in [6, 6.07) is 7.98. The molecule has 1 nitrogen and oxygen atoms in total. The third-order valence-electron chi connectivity index (χ3n) is 2.86. The van der Waals surface area contributed by atoms with Crippen molar-refractivity contribution in [3.8, 4) is 0 Å². The van der Waals surface area contributed by atoms with E-state index >= 15 is 0 Å². The summed E-state index contributed by atoms with van der Waals surface area (Å²) in [4.78, 5) is 0. The van der Waals surface area contributed by atoms with Crippen LogP contribution >= 0.6 is 15.9 Å². The Kier molecular flexibility index (Phi) is 8.99. The molecule has 0 N–H and O–H groups in total. The third-order valence-corrected chi connectivity index (χ3v) is 3.39. The molecule has 0 spiro atoms. The van der Waals surface area contributed by atoms with Crippen LogP contribution in [0.5, 0.6) is 0 Å². The standard InChI is InChI=1S/C11H16O.C5H4Br.Fe/c1-4-9-6-7-10(5-2)11(9)8(3)12;6-5-3-1-2-4-5;/h6-7,12H,4-5H2,1-3H3;1-4H;/q;-1;+2/p-1. The van der Waals surface area contributed by atoms with Crippen LogP contribution in [0, 0.1) is 0 Å². The van der Waals surface area contributed by atoms with Crippen LogP contribution in [0.4, 0.5) is 0 Å². The number of hydrogen-bond acceptors (Lipinski definition) is 1. The van der Waals surface area contributed by atoms with Crippen molar-refractivity contribution in [3.63, 3.8) is 0 Å². The second-order valence-electron chi connectivity index (χ2n) is 4.13. The van der Waals surface area contributed by atoms with Crippen molar-refractivity contribution in [2.45, 2.75) is 33.6 Å². The van der Waals surface area contributed by atoms with Crippen LogP contribution in [0.2, 0.25) is 0 Å². The summed E-state index contributed by atoms with van der Waals surface area (Å²) in [6.07, 6.45) is 6.04. The largest absolute Gasteiger partial charge is 2.00 e. The zero-order valence-corrected chi connectivity index (χ0v) is 14.2. The topological polar surface area (TPSA) is 23.1 Å². The Morgan fingerprint density at radius 3 is 1.95 bits per heavy atom. The average molecular weight is 363 g/mol. The Morgan fingerprint density at radius 2 is 1.74 bits per heavy atom. The van der Waals surface area contributed by atoms with Gasteiger partial charge >= 0.3 is 17.1 Å².